The molecule has 3 aromatic rings. The van der Waals surface area contributed by atoms with Gasteiger partial charge in [0.25, 0.3) is 0 Å². The van der Waals surface area contributed by atoms with E-state index in [1.54, 1.807) is 6.92 Å². The quantitative estimate of drug-likeness (QED) is 0.158. The number of ketones is 1. The zero-order chi connectivity index (χ0) is 37.7. The molecule has 3 N–H and O–H groups in total. The van der Waals surface area contributed by atoms with Gasteiger partial charge in [-0.1, -0.05) is 67.5 Å². The number of benzene rings is 2. The highest BCUT2D eigenvalue weighted by Crippen LogP contribution is 2.68. The molecule has 0 saturated heterocycles. The van der Waals surface area contributed by atoms with Crippen molar-refractivity contribution < 1.29 is 19.8 Å². The number of carbonyl (C=O) groups is 2. The Morgan fingerprint density at radius 3 is 2.62 bits per heavy atom. The largest absolute Gasteiger partial charge is 0.481 e. The number of fused-ring (bicyclic) bond motifs is 6. The van der Waals surface area contributed by atoms with E-state index in [-0.39, 0.29) is 29.5 Å². The zero-order valence-corrected chi connectivity index (χ0v) is 32.3. The first-order valence-electron chi connectivity index (χ1n) is 19.7. The summed E-state index contributed by atoms with van der Waals surface area (Å²) in [7, 11) is 0. The van der Waals surface area contributed by atoms with Crippen LogP contribution in [-0.2, 0) is 11.3 Å². The van der Waals surface area contributed by atoms with Crippen molar-refractivity contribution in [2.75, 3.05) is 5.32 Å². The average molecular weight is 733 g/mol. The van der Waals surface area contributed by atoms with Crippen LogP contribution in [0, 0.1) is 83.4 Å². The van der Waals surface area contributed by atoms with Crippen LogP contribution >= 0.6 is 11.6 Å². The Kier molecular flexibility index (Phi) is 10.4. The SMILES string of the molecule is C#C[C@]12C(CC[C@@H]1[C@H](C)CCC(=O)O)C1CCC3C[C@@H](C#Cc4ccc(CNc5c(C(C)=O)c(C)nc6ccccc56)c(Cl)c4)CC[C@]3(C)C1C[C@@H]2O. The molecule has 4 fully saturated rings. The standard InChI is InChI=1S/C46H53ClN2O4/c1-6-46-36(27(2)11-20-42(52)53)18-19-37(46)34-17-16-33-23-31(21-22-45(33,5)38(34)25-41(46)51)13-12-30-14-15-32(39(47)24-30)26-48-44-35-9-7-8-10-40(35)49-28(3)43(44)29(4)50/h1,7-10,14-15,24,27,31,33-34,36-38,41,51H,11,16-23,25-26H2,2-5H3,(H,48,49)(H,52,53)/t27-,31+,33?,34?,36-,37?,38?,41+,45+,46-/m1/s1. The molecule has 7 rings (SSSR count). The molecule has 6 nitrogen and oxygen atoms in total. The first-order chi connectivity index (χ1) is 25.4. The normalized spacial score (nSPS) is 32.3. The van der Waals surface area contributed by atoms with Crippen LogP contribution in [-0.4, -0.2) is 33.1 Å². The van der Waals surface area contributed by atoms with Gasteiger partial charge in [0.1, 0.15) is 0 Å². The third kappa shape index (κ3) is 6.66. The lowest BCUT2D eigenvalue weighted by molar-refractivity contribution is -0.156. The number of aryl methyl sites for hydroxylation is 1. The lowest BCUT2D eigenvalue weighted by atomic mass is 9.43. The number of carbonyl (C=O) groups excluding carboxylic acids is 1. The lowest BCUT2D eigenvalue weighted by Crippen LogP contribution is -2.59. The Morgan fingerprint density at radius 1 is 1.09 bits per heavy atom. The summed E-state index contributed by atoms with van der Waals surface area (Å²) in [5.74, 6) is 12.0. The molecule has 278 valence electrons. The molecule has 1 aromatic heterocycles. The van der Waals surface area contributed by atoms with Gasteiger partial charge in [0.2, 0.25) is 0 Å². The van der Waals surface area contributed by atoms with Gasteiger partial charge < -0.3 is 15.5 Å². The minimum Gasteiger partial charge on any atom is -0.481 e. The summed E-state index contributed by atoms with van der Waals surface area (Å²) in [6.07, 6.45) is 14.9. The number of Topliss-reactive ketones (excluding diaryl/α,β-unsaturated/α-hetero) is 1. The van der Waals surface area contributed by atoms with E-state index >= 15 is 0 Å². The summed E-state index contributed by atoms with van der Waals surface area (Å²) in [5, 5.41) is 26.3. The number of halogens is 1. The van der Waals surface area contributed by atoms with Gasteiger partial charge in [0.05, 0.1) is 34.0 Å². The fourth-order valence-electron chi connectivity index (χ4n) is 11.8. The Hall–Kier alpha value is -3.84. The number of aliphatic hydroxyl groups excluding tert-OH is 1. The second-order valence-electron chi connectivity index (χ2n) is 17.0. The molecule has 0 bridgehead atoms. The number of aliphatic hydroxyl groups is 1. The molecule has 4 saturated carbocycles. The van der Waals surface area contributed by atoms with E-state index in [0.717, 1.165) is 72.7 Å². The van der Waals surface area contributed by atoms with E-state index in [9.17, 15) is 19.8 Å². The molecule has 53 heavy (non-hydrogen) atoms. The van der Waals surface area contributed by atoms with E-state index in [1.165, 1.54) is 6.42 Å². The number of hydrogen-bond acceptors (Lipinski definition) is 5. The van der Waals surface area contributed by atoms with Crippen LogP contribution in [0.15, 0.2) is 42.5 Å². The number of nitrogens with one attached hydrogen (secondary N) is 1. The molecule has 1 heterocycles. The van der Waals surface area contributed by atoms with Crippen molar-refractivity contribution in [2.24, 2.45) is 52.3 Å². The van der Waals surface area contributed by atoms with Crippen LogP contribution in [0.2, 0.25) is 5.02 Å². The highest BCUT2D eigenvalue weighted by atomic mass is 35.5. The number of rotatable bonds is 8. The molecule has 0 radical (unpaired) electrons. The summed E-state index contributed by atoms with van der Waals surface area (Å²) >= 11 is 6.82. The second kappa shape index (κ2) is 14.8. The smallest absolute Gasteiger partial charge is 0.303 e. The Labute approximate surface area is 319 Å². The Bertz CT molecular complexity index is 2020. The van der Waals surface area contributed by atoms with Crippen molar-refractivity contribution in [3.63, 3.8) is 0 Å². The van der Waals surface area contributed by atoms with E-state index in [4.69, 9.17) is 18.0 Å². The minimum absolute atomic E-state index is 0.0263. The number of terminal acetylenes is 1. The van der Waals surface area contributed by atoms with Gasteiger partial charge >= 0.3 is 5.97 Å². The molecule has 4 aliphatic rings. The number of hydrogen-bond donors (Lipinski definition) is 3. The number of aliphatic carboxylic acids is 1. The van der Waals surface area contributed by atoms with E-state index in [1.807, 2.05) is 49.4 Å². The monoisotopic (exact) mass is 732 g/mol. The van der Waals surface area contributed by atoms with Crippen LogP contribution in [0.25, 0.3) is 10.9 Å². The van der Waals surface area contributed by atoms with E-state index in [0.29, 0.717) is 58.8 Å². The maximum atomic E-state index is 12.6. The molecule has 2 aromatic carbocycles. The molecule has 4 unspecified atom stereocenters. The van der Waals surface area contributed by atoms with Gasteiger partial charge in [-0.05, 0) is 136 Å². The highest BCUT2D eigenvalue weighted by molar-refractivity contribution is 6.31. The third-order valence-corrected chi connectivity index (χ3v) is 14.8. The maximum Gasteiger partial charge on any atom is 0.303 e. The van der Waals surface area contributed by atoms with Crippen LogP contribution in [0.4, 0.5) is 5.69 Å². The van der Waals surface area contributed by atoms with Gasteiger partial charge in [-0.3, -0.25) is 14.6 Å². The molecular formula is C46H53ClN2O4. The summed E-state index contributed by atoms with van der Waals surface area (Å²) in [4.78, 5) is 28.6. The van der Waals surface area contributed by atoms with Gasteiger partial charge in [0, 0.05) is 34.9 Å². The van der Waals surface area contributed by atoms with Crippen molar-refractivity contribution in [1.29, 1.82) is 0 Å². The number of anilines is 1. The molecule has 0 spiro atoms. The number of pyridine rings is 1. The lowest BCUT2D eigenvalue weighted by Gasteiger charge is -2.62. The first kappa shape index (κ1) is 37.5. The minimum atomic E-state index is -0.765. The van der Waals surface area contributed by atoms with Gasteiger partial charge in [-0.2, -0.15) is 0 Å². The summed E-state index contributed by atoms with van der Waals surface area (Å²) in [6, 6.07) is 13.9. The molecular weight excluding hydrogens is 680 g/mol. The Morgan fingerprint density at radius 2 is 1.89 bits per heavy atom. The van der Waals surface area contributed by atoms with Crippen LogP contribution in [0.1, 0.15) is 112 Å². The van der Waals surface area contributed by atoms with Gasteiger partial charge in [0.15, 0.2) is 5.78 Å². The van der Waals surface area contributed by atoms with Gasteiger partial charge in [-0.15, -0.1) is 6.42 Å². The van der Waals surface area contributed by atoms with Crippen LogP contribution in [0.5, 0.6) is 0 Å². The van der Waals surface area contributed by atoms with Gasteiger partial charge in [-0.25, -0.2) is 0 Å². The molecule has 7 heteroatoms. The van der Waals surface area contributed by atoms with Crippen LogP contribution < -0.4 is 5.32 Å². The number of carboxylic acids is 1. The predicted molar refractivity (Wildman–Crippen MR) is 211 cm³/mol. The molecule has 0 aliphatic heterocycles. The summed E-state index contributed by atoms with van der Waals surface area (Å²) in [5.41, 5.74) is 4.39. The van der Waals surface area contributed by atoms with Crippen LogP contribution in [0.3, 0.4) is 0 Å². The predicted octanol–water partition coefficient (Wildman–Crippen LogP) is 9.72. The highest BCUT2D eigenvalue weighted by Gasteiger charge is 2.65. The number of para-hydroxylation sites is 1. The second-order valence-corrected chi connectivity index (χ2v) is 17.4. The summed E-state index contributed by atoms with van der Waals surface area (Å²) in [6.45, 7) is 8.54. The topological polar surface area (TPSA) is 99.5 Å². The number of nitrogens with zero attached hydrogens (tertiary/aromatic N) is 1. The van der Waals surface area contributed by atoms with E-state index in [2.05, 4.69) is 41.9 Å². The van der Waals surface area contributed by atoms with Crippen molar-refractivity contribution in [3.8, 4) is 24.2 Å². The average Bonchev–Trinajstić information content (AvgIpc) is 3.54. The fourth-order valence-corrected chi connectivity index (χ4v) is 12.1. The number of aromatic nitrogens is 1. The van der Waals surface area contributed by atoms with E-state index < -0.39 is 17.5 Å². The molecule has 10 atom stereocenters. The van der Waals surface area contributed by atoms with Crippen molar-refractivity contribution in [3.05, 3.63) is 69.9 Å². The summed E-state index contributed by atoms with van der Waals surface area (Å²) < 4.78 is 0. The molecule has 0 amide bonds. The number of carboxylic acid groups (broad SMARTS) is 1. The third-order valence-electron chi connectivity index (χ3n) is 14.4. The first-order valence-corrected chi connectivity index (χ1v) is 20.1. The van der Waals surface area contributed by atoms with Crippen molar-refractivity contribution in [2.45, 2.75) is 105 Å². The fraction of sp³-hybridized carbons (Fsp3) is 0.543. The zero-order valence-electron chi connectivity index (χ0n) is 31.6. The van der Waals surface area contributed by atoms with Crippen molar-refractivity contribution in [1.82, 2.24) is 4.98 Å². The Balaban J connectivity index is 1.02. The van der Waals surface area contributed by atoms with Crippen molar-refractivity contribution >= 4 is 39.9 Å². The molecule has 4 aliphatic carbocycles. The maximum absolute atomic E-state index is 12.6.